The van der Waals surface area contributed by atoms with Crippen molar-refractivity contribution in [2.45, 2.75) is 19.9 Å². The number of methoxy groups -OCH3 is 1. The van der Waals surface area contributed by atoms with E-state index in [0.717, 1.165) is 23.0 Å². The van der Waals surface area contributed by atoms with Crippen molar-refractivity contribution in [2.75, 3.05) is 13.7 Å². The fraction of sp³-hybridized carbons (Fsp3) is 0.263. The van der Waals surface area contributed by atoms with E-state index in [-0.39, 0.29) is 12.5 Å². The summed E-state index contributed by atoms with van der Waals surface area (Å²) in [7, 11) is 1.59. The van der Waals surface area contributed by atoms with E-state index in [9.17, 15) is 4.79 Å². The molecule has 0 aliphatic heterocycles. The van der Waals surface area contributed by atoms with Crippen LogP contribution in [-0.2, 0) is 11.3 Å². The van der Waals surface area contributed by atoms with Crippen LogP contribution in [0.1, 0.15) is 18.9 Å². The molecule has 0 bridgehead atoms. The monoisotopic (exact) mass is 367 g/mol. The number of para-hydroxylation sites is 1. The molecular weight excluding hydrogens is 346 g/mol. The number of ether oxygens (including phenoxy) is 2. The van der Waals surface area contributed by atoms with E-state index in [4.69, 9.17) is 9.47 Å². The Hall–Kier alpha value is -3.42. The van der Waals surface area contributed by atoms with Gasteiger partial charge >= 0.3 is 0 Å². The summed E-state index contributed by atoms with van der Waals surface area (Å²) in [5.41, 5.74) is 4.82. The molecule has 140 valence electrons. The van der Waals surface area contributed by atoms with Crippen LogP contribution in [0.25, 0.3) is 11.0 Å². The number of fused-ring (bicyclic) bond motifs is 1. The molecule has 0 unspecified atom stereocenters. The van der Waals surface area contributed by atoms with Crippen LogP contribution in [0, 0.1) is 0 Å². The van der Waals surface area contributed by atoms with Crippen LogP contribution in [0.5, 0.6) is 11.5 Å². The van der Waals surface area contributed by atoms with E-state index < -0.39 is 0 Å². The normalized spacial score (nSPS) is 11.0. The summed E-state index contributed by atoms with van der Waals surface area (Å²) in [6.07, 6.45) is 2.45. The zero-order valence-corrected chi connectivity index (χ0v) is 15.3. The Morgan fingerprint density at radius 3 is 2.93 bits per heavy atom. The number of hydrogen-bond acceptors (Lipinski definition) is 6. The largest absolute Gasteiger partial charge is 0.493 e. The minimum atomic E-state index is -0.294. The Labute approximate surface area is 156 Å². The second-order valence-electron chi connectivity index (χ2n) is 5.79. The molecule has 8 nitrogen and oxygen atoms in total. The average molecular weight is 367 g/mol. The molecule has 1 aromatic heterocycles. The number of amides is 1. The van der Waals surface area contributed by atoms with Crippen LogP contribution in [0.2, 0.25) is 0 Å². The highest BCUT2D eigenvalue weighted by Gasteiger charge is 2.08. The number of benzene rings is 2. The van der Waals surface area contributed by atoms with Gasteiger partial charge in [-0.3, -0.25) is 4.79 Å². The Morgan fingerprint density at radius 2 is 2.11 bits per heavy atom. The molecular formula is C19H21N5O3. The molecule has 0 saturated carbocycles. The molecule has 1 heterocycles. The lowest BCUT2D eigenvalue weighted by molar-refractivity contribution is -0.121. The van der Waals surface area contributed by atoms with Gasteiger partial charge in [0.25, 0.3) is 5.91 Å². The first kappa shape index (κ1) is 18.4. The van der Waals surface area contributed by atoms with Crippen LogP contribution in [-0.4, -0.2) is 40.8 Å². The van der Waals surface area contributed by atoms with Gasteiger partial charge < -0.3 is 9.47 Å². The second-order valence-corrected chi connectivity index (χ2v) is 5.79. The minimum absolute atomic E-state index is 0.0331. The van der Waals surface area contributed by atoms with Gasteiger partial charge in [-0.05, 0) is 42.3 Å². The van der Waals surface area contributed by atoms with Crippen LogP contribution in [0.4, 0.5) is 0 Å². The molecule has 0 spiro atoms. The van der Waals surface area contributed by atoms with Crippen molar-refractivity contribution in [3.63, 3.8) is 0 Å². The highest BCUT2D eigenvalue weighted by Crippen LogP contribution is 2.27. The highest BCUT2D eigenvalue weighted by molar-refractivity contribution is 5.84. The summed E-state index contributed by atoms with van der Waals surface area (Å²) in [4.78, 5) is 12.1. The first-order chi connectivity index (χ1) is 13.2. The van der Waals surface area contributed by atoms with Crippen molar-refractivity contribution in [1.29, 1.82) is 0 Å². The van der Waals surface area contributed by atoms with E-state index in [2.05, 4.69) is 20.8 Å². The molecule has 0 aliphatic carbocycles. The number of aromatic nitrogens is 3. The fourth-order valence-corrected chi connectivity index (χ4v) is 2.48. The van der Waals surface area contributed by atoms with E-state index in [1.165, 1.54) is 4.68 Å². The maximum absolute atomic E-state index is 12.1. The smallest absolute Gasteiger partial charge is 0.261 e. The van der Waals surface area contributed by atoms with Crippen molar-refractivity contribution in [3.05, 3.63) is 48.0 Å². The standard InChI is InChI=1S/C19H21N5O3/c1-3-10-27-18-11-14(8-9-17(18)26-2)12-20-22-19(25)13-24-16-7-5-4-6-15(16)21-23-24/h4-9,11-12H,3,10,13H2,1-2H3,(H,22,25)/b20-12-. The van der Waals surface area contributed by atoms with E-state index in [0.29, 0.717) is 18.1 Å². The summed E-state index contributed by atoms with van der Waals surface area (Å²) >= 11 is 0. The molecule has 27 heavy (non-hydrogen) atoms. The van der Waals surface area contributed by atoms with Crippen molar-refractivity contribution in [1.82, 2.24) is 20.4 Å². The third-order valence-corrected chi connectivity index (χ3v) is 3.77. The topological polar surface area (TPSA) is 90.6 Å². The van der Waals surface area contributed by atoms with Gasteiger partial charge in [0, 0.05) is 0 Å². The molecule has 0 saturated heterocycles. The number of nitrogens with zero attached hydrogens (tertiary/aromatic N) is 4. The van der Waals surface area contributed by atoms with Gasteiger partial charge in [-0.1, -0.05) is 24.3 Å². The Bertz CT molecular complexity index is 951. The van der Waals surface area contributed by atoms with Crippen LogP contribution in [0.15, 0.2) is 47.6 Å². The molecule has 0 fully saturated rings. The van der Waals surface area contributed by atoms with Gasteiger partial charge in [0.1, 0.15) is 12.1 Å². The summed E-state index contributed by atoms with van der Waals surface area (Å²) < 4.78 is 12.5. The molecule has 1 amide bonds. The Balaban J connectivity index is 1.62. The maximum atomic E-state index is 12.1. The summed E-state index contributed by atoms with van der Waals surface area (Å²) in [5, 5.41) is 12.0. The zero-order chi connectivity index (χ0) is 19.1. The molecule has 3 aromatic rings. The molecule has 3 rings (SSSR count). The lowest BCUT2D eigenvalue weighted by Crippen LogP contribution is -2.23. The van der Waals surface area contributed by atoms with E-state index >= 15 is 0 Å². The minimum Gasteiger partial charge on any atom is -0.493 e. The second kappa shape index (κ2) is 8.79. The number of nitrogens with one attached hydrogen (secondary N) is 1. The fourth-order valence-electron chi connectivity index (χ4n) is 2.48. The van der Waals surface area contributed by atoms with Crippen LogP contribution in [0.3, 0.4) is 0 Å². The summed E-state index contributed by atoms with van der Waals surface area (Å²) in [6.45, 7) is 2.66. The van der Waals surface area contributed by atoms with Crippen molar-refractivity contribution >= 4 is 23.2 Å². The SMILES string of the molecule is CCCOc1cc(/C=N\NC(=O)Cn2nnc3ccccc32)ccc1OC. The Kier molecular flexibility index (Phi) is 5.98. The maximum Gasteiger partial charge on any atom is 0.261 e. The quantitative estimate of drug-likeness (QED) is 0.488. The number of carbonyl (C=O) groups excluding carboxylic acids is 1. The summed E-state index contributed by atoms with van der Waals surface area (Å²) in [6, 6.07) is 12.9. The van der Waals surface area contributed by atoms with Crippen molar-refractivity contribution in [3.8, 4) is 11.5 Å². The first-order valence-corrected chi connectivity index (χ1v) is 8.62. The third kappa shape index (κ3) is 4.60. The molecule has 0 atom stereocenters. The van der Waals surface area contributed by atoms with Crippen molar-refractivity contribution < 1.29 is 14.3 Å². The molecule has 8 heteroatoms. The summed E-state index contributed by atoms with van der Waals surface area (Å²) in [5.74, 6) is 1.00. The lowest BCUT2D eigenvalue weighted by atomic mass is 10.2. The molecule has 0 aliphatic rings. The van der Waals surface area contributed by atoms with E-state index in [1.807, 2.05) is 43.3 Å². The van der Waals surface area contributed by atoms with Crippen LogP contribution < -0.4 is 14.9 Å². The molecule has 1 N–H and O–H groups in total. The van der Waals surface area contributed by atoms with Crippen LogP contribution >= 0.6 is 0 Å². The number of hydrogen-bond donors (Lipinski definition) is 1. The average Bonchev–Trinajstić information content (AvgIpc) is 3.09. The van der Waals surface area contributed by atoms with E-state index in [1.54, 1.807) is 19.4 Å². The predicted molar refractivity (Wildman–Crippen MR) is 102 cm³/mol. The third-order valence-electron chi connectivity index (χ3n) is 3.77. The zero-order valence-electron chi connectivity index (χ0n) is 15.3. The highest BCUT2D eigenvalue weighted by atomic mass is 16.5. The Morgan fingerprint density at radius 1 is 1.26 bits per heavy atom. The molecule has 0 radical (unpaired) electrons. The number of rotatable bonds is 8. The predicted octanol–water partition coefficient (Wildman–Crippen LogP) is 2.38. The van der Waals surface area contributed by atoms with Gasteiger partial charge in [-0.25, -0.2) is 10.1 Å². The van der Waals surface area contributed by atoms with Gasteiger partial charge in [-0.2, -0.15) is 5.10 Å². The molecule has 2 aromatic carbocycles. The first-order valence-electron chi connectivity index (χ1n) is 8.62. The van der Waals surface area contributed by atoms with Gasteiger partial charge in [0.15, 0.2) is 11.5 Å². The number of carbonyl (C=O) groups is 1. The van der Waals surface area contributed by atoms with Gasteiger partial charge in [0.2, 0.25) is 0 Å². The lowest BCUT2D eigenvalue weighted by Gasteiger charge is -2.10. The number of hydrazone groups is 1. The van der Waals surface area contributed by atoms with Gasteiger partial charge in [0.05, 0.1) is 25.4 Å². The van der Waals surface area contributed by atoms with Gasteiger partial charge in [-0.15, -0.1) is 5.10 Å². The van der Waals surface area contributed by atoms with Crippen molar-refractivity contribution in [2.24, 2.45) is 5.10 Å².